The highest BCUT2D eigenvalue weighted by molar-refractivity contribution is 5.98. The molecule has 0 fully saturated rings. The number of aromatic nitrogens is 3. The molecule has 0 saturated carbocycles. The molecular formula is C28H30N4O7. The Balaban J connectivity index is 2.10. The van der Waals surface area contributed by atoms with E-state index in [0.29, 0.717) is 30.0 Å². The molecule has 1 amide bonds. The predicted molar refractivity (Wildman–Crippen MR) is 144 cm³/mol. The van der Waals surface area contributed by atoms with Gasteiger partial charge in [-0.1, -0.05) is 13.0 Å². The van der Waals surface area contributed by atoms with Crippen molar-refractivity contribution in [2.75, 3.05) is 27.9 Å². The van der Waals surface area contributed by atoms with E-state index in [0.717, 1.165) is 5.56 Å². The summed E-state index contributed by atoms with van der Waals surface area (Å²) in [6.45, 7) is 5.88. The molecule has 3 heterocycles. The smallest absolute Gasteiger partial charge is 0.341 e. The lowest BCUT2D eigenvalue weighted by molar-refractivity contribution is 0.0523. The normalized spacial score (nSPS) is 11.6. The number of hydrogen-bond donors (Lipinski definition) is 0. The third-order valence-corrected chi connectivity index (χ3v) is 6.17. The number of esters is 1. The van der Waals surface area contributed by atoms with Crippen molar-refractivity contribution in [2.24, 2.45) is 4.99 Å². The Labute approximate surface area is 224 Å². The van der Waals surface area contributed by atoms with E-state index < -0.39 is 11.9 Å². The summed E-state index contributed by atoms with van der Waals surface area (Å²) in [6, 6.07) is 7.95. The van der Waals surface area contributed by atoms with E-state index in [4.69, 9.17) is 23.9 Å². The second kappa shape index (κ2) is 11.4. The highest BCUT2D eigenvalue weighted by atomic mass is 16.5. The van der Waals surface area contributed by atoms with Crippen LogP contribution in [-0.2, 0) is 11.3 Å². The highest BCUT2D eigenvalue weighted by Crippen LogP contribution is 2.38. The average Bonchev–Trinajstić information content (AvgIpc) is 2.94. The number of nitrogens with zero attached hydrogens (tertiary/aromatic N) is 4. The van der Waals surface area contributed by atoms with E-state index in [2.05, 4.69) is 4.99 Å². The van der Waals surface area contributed by atoms with Gasteiger partial charge in [-0.15, -0.1) is 0 Å². The first-order valence-electron chi connectivity index (χ1n) is 12.4. The average molecular weight is 535 g/mol. The van der Waals surface area contributed by atoms with Crippen LogP contribution in [0, 0.1) is 6.92 Å². The molecule has 0 bridgehead atoms. The molecule has 204 valence electrons. The number of ether oxygens (including phenoxy) is 4. The van der Waals surface area contributed by atoms with Gasteiger partial charge in [0.2, 0.25) is 5.75 Å². The van der Waals surface area contributed by atoms with Gasteiger partial charge in [0.1, 0.15) is 16.9 Å². The van der Waals surface area contributed by atoms with Gasteiger partial charge in [-0.05, 0) is 50.1 Å². The predicted octanol–water partition coefficient (Wildman–Crippen LogP) is 3.31. The largest absolute Gasteiger partial charge is 0.493 e. The molecule has 0 unspecified atom stereocenters. The summed E-state index contributed by atoms with van der Waals surface area (Å²) in [6.07, 6.45) is 2.24. The molecule has 0 aliphatic carbocycles. The lowest BCUT2D eigenvalue weighted by atomic mass is 10.1. The maximum atomic E-state index is 13.5. The molecule has 0 aliphatic rings. The second-order valence-corrected chi connectivity index (χ2v) is 8.62. The van der Waals surface area contributed by atoms with Crippen LogP contribution in [0.3, 0.4) is 0 Å². The van der Waals surface area contributed by atoms with Gasteiger partial charge in [0.15, 0.2) is 17.0 Å². The monoisotopic (exact) mass is 534 g/mol. The van der Waals surface area contributed by atoms with Crippen LogP contribution in [0.5, 0.6) is 17.2 Å². The van der Waals surface area contributed by atoms with Gasteiger partial charge in [0.25, 0.3) is 11.5 Å². The van der Waals surface area contributed by atoms with Crippen molar-refractivity contribution in [3.63, 3.8) is 0 Å². The fourth-order valence-electron chi connectivity index (χ4n) is 4.37. The Morgan fingerprint density at radius 1 is 1.00 bits per heavy atom. The zero-order valence-electron chi connectivity index (χ0n) is 22.7. The van der Waals surface area contributed by atoms with E-state index in [-0.39, 0.29) is 45.7 Å². The Hall–Kier alpha value is -4.67. The minimum Gasteiger partial charge on any atom is -0.493 e. The molecule has 0 atom stereocenters. The Kier molecular flexibility index (Phi) is 7.99. The van der Waals surface area contributed by atoms with Gasteiger partial charge in [-0.3, -0.25) is 14.0 Å². The molecule has 0 N–H and O–H groups in total. The van der Waals surface area contributed by atoms with Crippen molar-refractivity contribution < 1.29 is 28.5 Å². The topological polar surface area (TPSA) is 123 Å². The second-order valence-electron chi connectivity index (χ2n) is 8.62. The van der Waals surface area contributed by atoms with Crippen molar-refractivity contribution in [3.8, 4) is 17.2 Å². The van der Waals surface area contributed by atoms with Gasteiger partial charge < -0.3 is 23.5 Å². The number of aryl methyl sites for hydroxylation is 2. The fraction of sp³-hybridized carbons (Fsp3) is 0.321. The van der Waals surface area contributed by atoms with Crippen molar-refractivity contribution in [2.45, 2.75) is 33.7 Å². The molecular weight excluding hydrogens is 504 g/mol. The summed E-state index contributed by atoms with van der Waals surface area (Å²) < 4.78 is 24.4. The molecule has 11 heteroatoms. The molecule has 11 nitrogen and oxygen atoms in total. The van der Waals surface area contributed by atoms with Crippen molar-refractivity contribution >= 4 is 28.6 Å². The number of hydrogen-bond acceptors (Lipinski definition) is 8. The van der Waals surface area contributed by atoms with E-state index in [1.165, 1.54) is 43.9 Å². The summed E-state index contributed by atoms with van der Waals surface area (Å²) in [4.78, 5) is 49.3. The van der Waals surface area contributed by atoms with Crippen molar-refractivity contribution in [3.05, 3.63) is 69.1 Å². The van der Waals surface area contributed by atoms with Crippen LogP contribution in [-0.4, -0.2) is 53.8 Å². The molecule has 4 rings (SSSR count). The zero-order valence-corrected chi connectivity index (χ0v) is 22.7. The molecule has 0 saturated heterocycles. The van der Waals surface area contributed by atoms with Gasteiger partial charge in [-0.25, -0.2) is 9.78 Å². The third kappa shape index (κ3) is 4.95. The Bertz CT molecular complexity index is 1690. The number of carbonyl (C=O) groups is 2. The molecule has 3 aromatic heterocycles. The maximum absolute atomic E-state index is 13.5. The number of rotatable bonds is 8. The maximum Gasteiger partial charge on any atom is 0.341 e. The quantitative estimate of drug-likeness (QED) is 0.249. The molecule has 39 heavy (non-hydrogen) atoms. The summed E-state index contributed by atoms with van der Waals surface area (Å²) >= 11 is 0. The van der Waals surface area contributed by atoms with E-state index >= 15 is 0 Å². The van der Waals surface area contributed by atoms with Gasteiger partial charge >= 0.3 is 5.97 Å². The molecule has 0 spiro atoms. The van der Waals surface area contributed by atoms with Crippen LogP contribution in [0.1, 0.15) is 46.5 Å². The summed E-state index contributed by atoms with van der Waals surface area (Å²) in [5, 5.41) is 0.203. The first-order chi connectivity index (χ1) is 18.8. The summed E-state index contributed by atoms with van der Waals surface area (Å²) in [5.41, 5.74) is 1.37. The first-order valence-corrected chi connectivity index (χ1v) is 12.4. The summed E-state index contributed by atoms with van der Waals surface area (Å²) in [7, 11) is 4.34. The first kappa shape index (κ1) is 27.4. The Morgan fingerprint density at radius 3 is 2.28 bits per heavy atom. The molecule has 0 radical (unpaired) electrons. The number of benzene rings is 1. The zero-order chi connectivity index (χ0) is 28.3. The van der Waals surface area contributed by atoms with Gasteiger partial charge in [-0.2, -0.15) is 4.99 Å². The molecule has 4 aromatic rings. The fourth-order valence-corrected chi connectivity index (χ4v) is 4.37. The molecule has 0 aliphatic heterocycles. The van der Waals surface area contributed by atoms with Gasteiger partial charge in [0, 0.05) is 18.3 Å². The lowest BCUT2D eigenvalue weighted by Gasteiger charge is -2.15. The number of amides is 1. The highest BCUT2D eigenvalue weighted by Gasteiger charge is 2.22. The molecule has 1 aromatic carbocycles. The minimum absolute atomic E-state index is 0.0231. The van der Waals surface area contributed by atoms with Crippen LogP contribution >= 0.6 is 0 Å². The number of pyridine rings is 2. The lowest BCUT2D eigenvalue weighted by Crippen LogP contribution is -2.33. The standard InChI is InChI=1S/C28H30N4O7/c1-7-11-31-24-18(27(34)32-12-9-10-16(3)23(32)29-24)15-19(28(35)39-8-2)25(31)30-26(33)17-13-20(36-4)22(38-6)21(14-17)37-5/h9-10,12-15H,7-8,11H2,1-6H3. The van der Waals surface area contributed by atoms with Crippen molar-refractivity contribution in [1.29, 1.82) is 0 Å². The van der Waals surface area contributed by atoms with Crippen LogP contribution < -0.4 is 25.3 Å². The van der Waals surface area contributed by atoms with Crippen LogP contribution in [0.4, 0.5) is 0 Å². The van der Waals surface area contributed by atoms with E-state index in [1.807, 2.05) is 19.9 Å². The third-order valence-electron chi connectivity index (χ3n) is 6.17. The van der Waals surface area contributed by atoms with Gasteiger partial charge in [0.05, 0.1) is 33.3 Å². The van der Waals surface area contributed by atoms with Crippen LogP contribution in [0.25, 0.3) is 16.7 Å². The van der Waals surface area contributed by atoms with Crippen molar-refractivity contribution in [1.82, 2.24) is 14.0 Å². The van der Waals surface area contributed by atoms with Crippen LogP contribution in [0.2, 0.25) is 0 Å². The number of carbonyl (C=O) groups excluding carboxylic acids is 2. The number of methoxy groups -OCH3 is 3. The minimum atomic E-state index is -0.713. The van der Waals surface area contributed by atoms with E-state index in [9.17, 15) is 14.4 Å². The number of fused-ring (bicyclic) bond motifs is 2. The SMILES string of the molecule is CCCn1c(=NC(=O)c2cc(OC)c(OC)c(OC)c2)c(C(=O)OCC)cc2c(=O)n3cccc(C)c3nc21. The van der Waals surface area contributed by atoms with Crippen LogP contribution in [0.15, 0.2) is 46.3 Å². The summed E-state index contributed by atoms with van der Waals surface area (Å²) in [5.74, 6) is -0.509. The Morgan fingerprint density at radius 2 is 1.69 bits per heavy atom. The van der Waals surface area contributed by atoms with E-state index in [1.54, 1.807) is 23.8 Å².